The molecule has 3 atom stereocenters. The first-order valence-electron chi connectivity index (χ1n) is 28.0. The number of rotatable bonds is 50. The fraction of sp³-hybridized carbons (Fsp3) is 0.825. The van der Waals surface area contributed by atoms with E-state index in [-0.39, 0.29) is 24.9 Å². The van der Waals surface area contributed by atoms with Gasteiger partial charge in [-0.25, -0.2) is 0 Å². The van der Waals surface area contributed by atoms with Gasteiger partial charge < -0.3 is 28.5 Å². The summed E-state index contributed by atoms with van der Waals surface area (Å²) in [6.45, 7) is 6.78. The molecular weight excluding hydrogens is 856 g/mol. The number of likely N-dealkylation sites (N-methyl/N-ethyl adjacent to an activating group) is 1. The SMILES string of the molecule is CCCCC/C=C/C=C/CCCCCCCCC(=O)NC(COP(=O)([O-])OCC[N+](C)(C)C)C(/C=C/CCCCCCCCCCCC)OC(=O)CCCCC/C=C\CCCCCCCCC. The van der Waals surface area contributed by atoms with Gasteiger partial charge in [-0.1, -0.05) is 205 Å². The zero-order valence-corrected chi connectivity index (χ0v) is 45.5. The minimum Gasteiger partial charge on any atom is -0.756 e. The van der Waals surface area contributed by atoms with Gasteiger partial charge in [0.05, 0.1) is 33.8 Å². The van der Waals surface area contributed by atoms with Crippen molar-refractivity contribution in [2.75, 3.05) is 40.9 Å². The van der Waals surface area contributed by atoms with Crippen molar-refractivity contribution in [2.24, 2.45) is 0 Å². The predicted octanol–water partition coefficient (Wildman–Crippen LogP) is 15.9. The summed E-state index contributed by atoms with van der Waals surface area (Å²) < 4.78 is 30.2. The highest BCUT2D eigenvalue weighted by atomic mass is 31.2. The summed E-state index contributed by atoms with van der Waals surface area (Å²) in [5, 5.41) is 3.01. The van der Waals surface area contributed by atoms with Crippen LogP contribution in [0.4, 0.5) is 0 Å². The number of nitrogens with zero attached hydrogens (tertiary/aromatic N) is 1. The molecule has 0 saturated heterocycles. The number of nitrogens with one attached hydrogen (secondary N) is 1. The number of carbonyl (C=O) groups excluding carboxylic acids is 2. The number of amides is 1. The monoisotopic (exact) mass is 963 g/mol. The Labute approximate surface area is 414 Å². The van der Waals surface area contributed by atoms with E-state index in [1.165, 1.54) is 116 Å². The molecule has 0 aromatic rings. The van der Waals surface area contributed by atoms with Crippen LogP contribution in [-0.2, 0) is 27.9 Å². The van der Waals surface area contributed by atoms with E-state index >= 15 is 0 Å². The molecule has 0 saturated carbocycles. The van der Waals surface area contributed by atoms with Gasteiger partial charge in [-0.2, -0.15) is 0 Å². The molecule has 0 aromatic carbocycles. The zero-order valence-electron chi connectivity index (χ0n) is 44.6. The number of carbonyl (C=O) groups is 2. The third kappa shape index (κ3) is 48.8. The van der Waals surface area contributed by atoms with Crippen LogP contribution in [0.1, 0.15) is 252 Å². The lowest BCUT2D eigenvalue weighted by Gasteiger charge is -2.30. The maximum Gasteiger partial charge on any atom is 0.306 e. The Morgan fingerprint density at radius 3 is 1.40 bits per heavy atom. The summed E-state index contributed by atoms with van der Waals surface area (Å²) in [5.41, 5.74) is 0. The molecule has 1 amide bonds. The number of phosphoric acid groups is 1. The summed E-state index contributed by atoms with van der Waals surface area (Å²) in [4.78, 5) is 39.8. The van der Waals surface area contributed by atoms with Gasteiger partial charge in [0.2, 0.25) is 5.91 Å². The Balaban J connectivity index is 5.42. The number of ether oxygens (including phenoxy) is 1. The molecule has 1 N–H and O–H groups in total. The maximum absolute atomic E-state index is 13.4. The highest BCUT2D eigenvalue weighted by Crippen LogP contribution is 2.38. The summed E-state index contributed by atoms with van der Waals surface area (Å²) >= 11 is 0. The Bertz CT molecular complexity index is 1290. The van der Waals surface area contributed by atoms with Crippen molar-refractivity contribution in [3.05, 3.63) is 48.6 Å². The van der Waals surface area contributed by atoms with Crippen molar-refractivity contribution >= 4 is 19.7 Å². The largest absolute Gasteiger partial charge is 0.756 e. The van der Waals surface area contributed by atoms with E-state index in [0.717, 1.165) is 96.3 Å². The van der Waals surface area contributed by atoms with Gasteiger partial charge in [-0.3, -0.25) is 14.2 Å². The van der Waals surface area contributed by atoms with E-state index in [1.54, 1.807) is 0 Å². The summed E-state index contributed by atoms with van der Waals surface area (Å²) in [5.74, 6) is -0.571. The highest BCUT2D eigenvalue weighted by Gasteiger charge is 2.27. The van der Waals surface area contributed by atoms with Crippen molar-refractivity contribution in [1.82, 2.24) is 5.32 Å². The van der Waals surface area contributed by atoms with Gasteiger partial charge in [0.25, 0.3) is 7.82 Å². The van der Waals surface area contributed by atoms with Crippen molar-refractivity contribution in [3.63, 3.8) is 0 Å². The van der Waals surface area contributed by atoms with Crippen LogP contribution in [0.2, 0.25) is 0 Å². The van der Waals surface area contributed by atoms with Crippen LogP contribution in [-0.4, -0.2) is 69.4 Å². The highest BCUT2D eigenvalue weighted by molar-refractivity contribution is 7.45. The average Bonchev–Trinajstić information content (AvgIpc) is 3.28. The fourth-order valence-electron chi connectivity index (χ4n) is 7.86. The third-order valence-corrected chi connectivity index (χ3v) is 13.2. The van der Waals surface area contributed by atoms with Gasteiger partial charge in [0, 0.05) is 12.8 Å². The smallest absolute Gasteiger partial charge is 0.306 e. The van der Waals surface area contributed by atoms with Crippen LogP contribution in [0.5, 0.6) is 0 Å². The van der Waals surface area contributed by atoms with Crippen LogP contribution in [0, 0.1) is 0 Å². The number of allylic oxidation sites excluding steroid dienone is 7. The molecule has 9 nitrogen and oxygen atoms in total. The first-order chi connectivity index (χ1) is 32.4. The number of hydrogen-bond acceptors (Lipinski definition) is 7. The first-order valence-corrected chi connectivity index (χ1v) is 29.4. The molecular formula is C57H107N2O7P. The Morgan fingerprint density at radius 1 is 0.522 bits per heavy atom. The fourth-order valence-corrected chi connectivity index (χ4v) is 8.58. The lowest BCUT2D eigenvalue weighted by Crippen LogP contribution is -2.47. The van der Waals surface area contributed by atoms with E-state index in [4.69, 9.17) is 13.8 Å². The normalized spacial score (nSPS) is 14.2. The van der Waals surface area contributed by atoms with Crippen LogP contribution >= 0.6 is 7.82 Å². The predicted molar refractivity (Wildman–Crippen MR) is 284 cm³/mol. The van der Waals surface area contributed by atoms with E-state index < -0.39 is 26.6 Å². The van der Waals surface area contributed by atoms with Crippen molar-refractivity contribution < 1.29 is 37.3 Å². The molecule has 0 rings (SSSR count). The summed E-state index contributed by atoms with van der Waals surface area (Å²) in [6.07, 6.45) is 56.4. The maximum atomic E-state index is 13.4. The molecule has 0 radical (unpaired) electrons. The van der Waals surface area contributed by atoms with Gasteiger partial charge >= 0.3 is 5.97 Å². The lowest BCUT2D eigenvalue weighted by atomic mass is 10.0. The first kappa shape index (κ1) is 65.0. The molecule has 0 aliphatic carbocycles. The van der Waals surface area contributed by atoms with E-state index in [9.17, 15) is 19.0 Å². The second-order valence-electron chi connectivity index (χ2n) is 20.1. The number of phosphoric ester groups is 1. The van der Waals surface area contributed by atoms with Gasteiger partial charge in [0.1, 0.15) is 19.3 Å². The van der Waals surface area contributed by atoms with Crippen molar-refractivity contribution in [2.45, 2.75) is 264 Å². The Kier molecular flexibility index (Phi) is 46.2. The molecule has 0 bridgehead atoms. The zero-order chi connectivity index (χ0) is 49.4. The quantitative estimate of drug-likeness (QED) is 0.0161. The molecule has 392 valence electrons. The lowest BCUT2D eigenvalue weighted by molar-refractivity contribution is -0.870. The Morgan fingerprint density at radius 2 is 0.910 bits per heavy atom. The van der Waals surface area contributed by atoms with Gasteiger partial charge in [-0.05, 0) is 83.1 Å². The minimum atomic E-state index is -4.70. The van der Waals surface area contributed by atoms with E-state index in [2.05, 4.69) is 62.5 Å². The average molecular weight is 963 g/mol. The molecule has 0 fully saturated rings. The van der Waals surface area contributed by atoms with E-state index in [0.29, 0.717) is 23.9 Å². The van der Waals surface area contributed by atoms with Crippen LogP contribution in [0.3, 0.4) is 0 Å². The van der Waals surface area contributed by atoms with Crippen molar-refractivity contribution in [1.29, 1.82) is 0 Å². The summed E-state index contributed by atoms with van der Waals surface area (Å²) in [6, 6.07) is -0.898. The third-order valence-electron chi connectivity index (χ3n) is 12.3. The van der Waals surface area contributed by atoms with Crippen LogP contribution < -0.4 is 10.2 Å². The number of hydrogen-bond donors (Lipinski definition) is 1. The molecule has 0 spiro atoms. The molecule has 0 heterocycles. The Hall–Kier alpha value is -2.03. The number of quaternary nitrogens is 1. The van der Waals surface area contributed by atoms with Crippen LogP contribution in [0.25, 0.3) is 0 Å². The molecule has 0 aliphatic heterocycles. The molecule has 0 aromatic heterocycles. The van der Waals surface area contributed by atoms with Gasteiger partial charge in [0.15, 0.2) is 0 Å². The van der Waals surface area contributed by atoms with Crippen molar-refractivity contribution in [3.8, 4) is 0 Å². The number of unbranched alkanes of at least 4 members (excludes halogenated alkanes) is 29. The van der Waals surface area contributed by atoms with Crippen LogP contribution in [0.15, 0.2) is 48.6 Å². The molecule has 10 heteroatoms. The topological polar surface area (TPSA) is 114 Å². The second-order valence-corrected chi connectivity index (χ2v) is 21.5. The standard InChI is InChI=1S/C57H107N2O7P/c1-7-10-13-16-19-22-25-28-30-31-34-37-40-43-46-49-56(60)58-54(53-65-67(62,63)64-52-51-59(4,5)6)55(48-45-42-39-36-33-27-24-21-18-15-12-9-3)66-57(61)50-47-44-41-38-35-32-29-26-23-20-17-14-11-8-2/h19,22,25,28,32,35,45,48,54-55H,7-18,20-21,23-24,26-27,29-31,33-34,36-44,46-47,49-53H2,1-6H3,(H-,58,60,62,63)/b22-19+,28-25+,35-32-,48-45+. The summed E-state index contributed by atoms with van der Waals surface area (Å²) in [7, 11) is 1.17. The molecule has 3 unspecified atom stereocenters. The molecule has 67 heavy (non-hydrogen) atoms. The molecule has 0 aliphatic rings. The van der Waals surface area contributed by atoms with E-state index in [1.807, 2.05) is 33.3 Å². The second kappa shape index (κ2) is 47.6. The number of esters is 1. The minimum absolute atomic E-state index is 0.0271. The van der Waals surface area contributed by atoms with Gasteiger partial charge in [-0.15, -0.1) is 0 Å².